The van der Waals surface area contributed by atoms with Gasteiger partial charge in [-0.3, -0.25) is 4.98 Å². The van der Waals surface area contributed by atoms with E-state index < -0.39 is 0 Å². The van der Waals surface area contributed by atoms with Crippen LogP contribution >= 0.6 is 0 Å². The lowest BCUT2D eigenvalue weighted by Crippen LogP contribution is -2.16. The van der Waals surface area contributed by atoms with Crippen molar-refractivity contribution in [1.82, 2.24) is 9.97 Å². The summed E-state index contributed by atoms with van der Waals surface area (Å²) in [5, 5.41) is 1.20. The molecule has 2 heterocycles. The predicted molar refractivity (Wildman–Crippen MR) is 153 cm³/mol. The third-order valence-corrected chi connectivity index (χ3v) is 7.76. The van der Waals surface area contributed by atoms with E-state index in [1.807, 2.05) is 12.4 Å². The van der Waals surface area contributed by atoms with Crippen molar-refractivity contribution >= 4 is 10.9 Å². The second-order valence-corrected chi connectivity index (χ2v) is 10.3. The van der Waals surface area contributed by atoms with E-state index in [-0.39, 0.29) is 5.41 Å². The summed E-state index contributed by atoms with van der Waals surface area (Å²) in [5.74, 6) is 0. The highest BCUT2D eigenvalue weighted by Gasteiger charge is 2.39. The number of hydrogen-bond acceptors (Lipinski definition) is 2. The van der Waals surface area contributed by atoms with Crippen LogP contribution in [0.2, 0.25) is 0 Å². The molecule has 0 saturated heterocycles. The van der Waals surface area contributed by atoms with Crippen molar-refractivity contribution in [2.45, 2.75) is 19.3 Å². The van der Waals surface area contributed by atoms with E-state index in [0.717, 1.165) is 11.2 Å². The van der Waals surface area contributed by atoms with Crippen LogP contribution in [-0.2, 0) is 5.41 Å². The minimum absolute atomic E-state index is 0.129. The monoisotopic (exact) mass is 474 g/mol. The van der Waals surface area contributed by atoms with Crippen LogP contribution < -0.4 is 0 Å². The third-order valence-electron chi connectivity index (χ3n) is 7.76. The Morgan fingerprint density at radius 1 is 0.568 bits per heavy atom. The number of aromatic nitrogens is 2. The van der Waals surface area contributed by atoms with Crippen molar-refractivity contribution in [3.05, 3.63) is 133 Å². The molecule has 0 fully saturated rings. The third kappa shape index (κ3) is 3.41. The molecular formula is C35H26N2. The molecule has 0 atom stereocenters. The predicted octanol–water partition coefficient (Wildman–Crippen LogP) is 8.94. The molecule has 2 heteroatoms. The van der Waals surface area contributed by atoms with Crippen LogP contribution in [0.5, 0.6) is 0 Å². The summed E-state index contributed by atoms with van der Waals surface area (Å²) < 4.78 is 0. The zero-order valence-electron chi connectivity index (χ0n) is 20.9. The van der Waals surface area contributed by atoms with Gasteiger partial charge in [0.25, 0.3) is 0 Å². The number of fused-ring (bicyclic) bond motifs is 4. The number of nitrogens with zero attached hydrogens (tertiary/aromatic N) is 2. The van der Waals surface area contributed by atoms with Crippen LogP contribution in [0.25, 0.3) is 55.5 Å². The van der Waals surface area contributed by atoms with Crippen LogP contribution in [0.1, 0.15) is 25.0 Å². The zero-order valence-corrected chi connectivity index (χ0v) is 20.9. The van der Waals surface area contributed by atoms with Gasteiger partial charge in [0.1, 0.15) is 0 Å². The average molecular weight is 475 g/mol. The van der Waals surface area contributed by atoms with Gasteiger partial charge in [-0.2, -0.15) is 0 Å². The van der Waals surface area contributed by atoms with Gasteiger partial charge in [-0.25, -0.2) is 4.98 Å². The summed E-state index contributed by atoms with van der Waals surface area (Å²) in [7, 11) is 0. The van der Waals surface area contributed by atoms with E-state index in [9.17, 15) is 0 Å². The van der Waals surface area contributed by atoms with Gasteiger partial charge in [0.15, 0.2) is 0 Å². The zero-order chi connectivity index (χ0) is 25.0. The van der Waals surface area contributed by atoms with Crippen molar-refractivity contribution in [1.29, 1.82) is 0 Å². The van der Waals surface area contributed by atoms with Gasteiger partial charge in [0, 0.05) is 28.8 Å². The first-order chi connectivity index (χ1) is 18.1. The van der Waals surface area contributed by atoms with Crippen LogP contribution in [0.4, 0.5) is 0 Å². The van der Waals surface area contributed by atoms with E-state index in [1.54, 1.807) is 0 Å². The Labute approximate surface area is 217 Å². The second-order valence-electron chi connectivity index (χ2n) is 10.3. The van der Waals surface area contributed by atoms with E-state index in [1.165, 1.54) is 55.5 Å². The molecule has 37 heavy (non-hydrogen) atoms. The van der Waals surface area contributed by atoms with Gasteiger partial charge < -0.3 is 0 Å². The summed E-state index contributed by atoms with van der Waals surface area (Å²) in [6.45, 7) is 4.66. The Balaban J connectivity index is 1.39. The first-order valence-corrected chi connectivity index (χ1v) is 12.8. The summed E-state index contributed by atoms with van der Waals surface area (Å²) in [5.41, 5.74) is 13.2. The molecule has 0 radical (unpaired) electrons. The number of para-hydroxylation sites is 1. The van der Waals surface area contributed by atoms with Crippen molar-refractivity contribution in [3.63, 3.8) is 0 Å². The topological polar surface area (TPSA) is 25.8 Å². The summed E-state index contributed by atoms with van der Waals surface area (Å²) in [4.78, 5) is 9.33. The highest BCUT2D eigenvalue weighted by atomic mass is 14.7. The molecule has 0 unspecified atom stereocenters. The molecule has 0 bridgehead atoms. The first kappa shape index (κ1) is 21.7. The summed E-state index contributed by atoms with van der Waals surface area (Å²) in [6.07, 6.45) is 3.68. The van der Waals surface area contributed by atoms with E-state index in [2.05, 4.69) is 128 Å². The molecule has 1 aliphatic rings. The van der Waals surface area contributed by atoms with Gasteiger partial charge >= 0.3 is 0 Å². The molecule has 0 saturated carbocycles. The highest BCUT2D eigenvalue weighted by Crippen LogP contribution is 2.53. The smallest absolute Gasteiger partial charge is 0.0759 e. The SMILES string of the molecule is CC1(C)c2ccccc2-c2nc3ccccc3c(-c3ccc(-c4cccc(-c5ccncc5)c4)cc3)c21. The van der Waals surface area contributed by atoms with Crippen molar-refractivity contribution < 1.29 is 0 Å². The van der Waals surface area contributed by atoms with Crippen molar-refractivity contribution in [3.8, 4) is 44.6 Å². The standard InChI is InChI=1S/C35H26N2/c1-35(2)30-12-5-3-10-28(30)34-33(35)32(29-11-4-6-13-31(29)37-34)25-16-14-23(15-17-25)26-8-7-9-27(22-26)24-18-20-36-21-19-24/h3-22H,1-2H3. The van der Waals surface area contributed by atoms with Crippen molar-refractivity contribution in [2.24, 2.45) is 0 Å². The Kier molecular flexibility index (Phi) is 4.84. The number of benzene rings is 4. The number of hydrogen-bond donors (Lipinski definition) is 0. The van der Waals surface area contributed by atoms with Gasteiger partial charge in [0.05, 0.1) is 11.2 Å². The molecule has 4 aromatic carbocycles. The fourth-order valence-corrected chi connectivity index (χ4v) is 5.94. The van der Waals surface area contributed by atoms with Crippen LogP contribution in [0.3, 0.4) is 0 Å². The Bertz CT molecular complexity index is 1780. The highest BCUT2D eigenvalue weighted by molar-refractivity contribution is 6.02. The molecule has 0 N–H and O–H groups in total. The lowest BCUT2D eigenvalue weighted by Gasteiger charge is -2.25. The number of rotatable bonds is 3. The maximum atomic E-state index is 5.18. The molecule has 176 valence electrons. The lowest BCUT2D eigenvalue weighted by molar-refractivity contribution is 0.662. The maximum Gasteiger partial charge on any atom is 0.0759 e. The van der Waals surface area contributed by atoms with Gasteiger partial charge in [-0.1, -0.05) is 98.8 Å². The molecule has 0 spiro atoms. The quantitative estimate of drug-likeness (QED) is 0.256. The van der Waals surface area contributed by atoms with E-state index in [4.69, 9.17) is 4.98 Å². The van der Waals surface area contributed by atoms with E-state index in [0.29, 0.717) is 0 Å². The Morgan fingerprint density at radius 2 is 1.22 bits per heavy atom. The normalized spacial score (nSPS) is 13.4. The second kappa shape index (κ2) is 8.25. The summed E-state index contributed by atoms with van der Waals surface area (Å²) in [6, 6.07) is 39.1. The molecule has 2 aromatic heterocycles. The molecule has 2 nitrogen and oxygen atoms in total. The van der Waals surface area contributed by atoms with Crippen molar-refractivity contribution in [2.75, 3.05) is 0 Å². The minimum atomic E-state index is -0.129. The Morgan fingerprint density at radius 3 is 2.00 bits per heavy atom. The maximum absolute atomic E-state index is 5.18. The lowest BCUT2D eigenvalue weighted by atomic mass is 9.78. The van der Waals surface area contributed by atoms with Crippen LogP contribution in [0.15, 0.2) is 122 Å². The Hall–Kier alpha value is -4.56. The fourth-order valence-electron chi connectivity index (χ4n) is 5.94. The largest absolute Gasteiger partial charge is 0.265 e. The van der Waals surface area contributed by atoms with Gasteiger partial charge in [0.2, 0.25) is 0 Å². The van der Waals surface area contributed by atoms with Gasteiger partial charge in [-0.15, -0.1) is 0 Å². The average Bonchev–Trinajstić information content (AvgIpc) is 3.19. The molecule has 6 aromatic rings. The first-order valence-electron chi connectivity index (χ1n) is 12.8. The molecule has 1 aliphatic carbocycles. The van der Waals surface area contributed by atoms with Crippen LogP contribution in [-0.4, -0.2) is 9.97 Å². The minimum Gasteiger partial charge on any atom is -0.265 e. The molecule has 0 aliphatic heterocycles. The fraction of sp³-hybridized carbons (Fsp3) is 0.0857. The molecular weight excluding hydrogens is 448 g/mol. The molecule has 7 rings (SSSR count). The van der Waals surface area contributed by atoms with Crippen LogP contribution in [0, 0.1) is 0 Å². The van der Waals surface area contributed by atoms with E-state index >= 15 is 0 Å². The summed E-state index contributed by atoms with van der Waals surface area (Å²) >= 11 is 0. The molecule has 0 amide bonds. The number of pyridine rings is 2. The van der Waals surface area contributed by atoms with Gasteiger partial charge in [-0.05, 0) is 68.8 Å².